The predicted molar refractivity (Wildman–Crippen MR) is 71.6 cm³/mol. The van der Waals surface area contributed by atoms with Gasteiger partial charge in [-0.25, -0.2) is 4.39 Å². The molecule has 0 atom stereocenters. The monoisotopic (exact) mass is 241 g/mol. The van der Waals surface area contributed by atoms with Crippen LogP contribution in [0.4, 0.5) is 15.8 Å². The fourth-order valence-electron chi connectivity index (χ4n) is 1.60. The molecule has 0 unspecified atom stereocenters. The van der Waals surface area contributed by atoms with Crippen LogP contribution >= 0.6 is 0 Å². The quantitative estimate of drug-likeness (QED) is 0.819. The summed E-state index contributed by atoms with van der Waals surface area (Å²) in [5.41, 5.74) is 2.85. The maximum absolute atomic E-state index is 12.8. The highest BCUT2D eigenvalue weighted by Gasteiger charge is 2.03. The van der Waals surface area contributed by atoms with E-state index in [9.17, 15) is 9.18 Å². The number of anilines is 2. The number of hydrogen-bond donors (Lipinski definition) is 1. The van der Waals surface area contributed by atoms with Crippen molar-refractivity contribution in [3.63, 3.8) is 0 Å². The van der Waals surface area contributed by atoms with E-state index in [1.807, 2.05) is 12.1 Å². The Morgan fingerprint density at radius 3 is 2.44 bits per heavy atom. The molecule has 0 aromatic heterocycles. The predicted octanol–water partition coefficient (Wildman–Crippen LogP) is 4.02. The molecule has 3 heteroatoms. The van der Waals surface area contributed by atoms with Crippen molar-refractivity contribution >= 4 is 23.7 Å². The van der Waals surface area contributed by atoms with Crippen molar-refractivity contribution in [2.75, 3.05) is 5.32 Å². The molecule has 0 heterocycles. The zero-order valence-electron chi connectivity index (χ0n) is 9.69. The van der Waals surface area contributed by atoms with Crippen molar-refractivity contribution in [3.05, 3.63) is 66.0 Å². The number of carbonyl (C=O) groups excluding carboxylic acids is 1. The lowest BCUT2D eigenvalue weighted by atomic mass is 10.1. The highest BCUT2D eigenvalue weighted by molar-refractivity contribution is 5.87. The van der Waals surface area contributed by atoms with Gasteiger partial charge >= 0.3 is 0 Å². The first-order valence-corrected chi connectivity index (χ1v) is 5.47. The first-order chi connectivity index (χ1) is 8.72. The first kappa shape index (κ1) is 12.0. The van der Waals surface area contributed by atoms with E-state index < -0.39 is 0 Å². The van der Waals surface area contributed by atoms with E-state index in [1.54, 1.807) is 24.3 Å². The lowest BCUT2D eigenvalue weighted by molar-refractivity contribution is 0.112. The second kappa shape index (κ2) is 5.27. The molecule has 0 saturated carbocycles. The molecule has 0 spiro atoms. The molecule has 0 amide bonds. The van der Waals surface area contributed by atoms with Crippen molar-refractivity contribution < 1.29 is 9.18 Å². The van der Waals surface area contributed by atoms with Crippen LogP contribution in [0.1, 0.15) is 15.9 Å². The fraction of sp³-hybridized carbons (Fsp3) is 0. The lowest BCUT2D eigenvalue weighted by Gasteiger charge is -2.09. The van der Waals surface area contributed by atoms with E-state index in [2.05, 4.69) is 11.9 Å². The molecule has 0 fully saturated rings. The van der Waals surface area contributed by atoms with Gasteiger partial charge < -0.3 is 5.32 Å². The number of rotatable bonds is 4. The molecule has 0 bridgehead atoms. The minimum absolute atomic E-state index is 0.295. The molecule has 18 heavy (non-hydrogen) atoms. The summed E-state index contributed by atoms with van der Waals surface area (Å²) in [7, 11) is 0. The first-order valence-electron chi connectivity index (χ1n) is 5.47. The van der Waals surface area contributed by atoms with E-state index in [4.69, 9.17) is 0 Å². The van der Waals surface area contributed by atoms with E-state index in [0.717, 1.165) is 17.5 Å². The van der Waals surface area contributed by atoms with Crippen LogP contribution in [0, 0.1) is 5.82 Å². The van der Waals surface area contributed by atoms with Gasteiger partial charge in [-0.3, -0.25) is 4.79 Å². The highest BCUT2D eigenvalue weighted by atomic mass is 19.1. The van der Waals surface area contributed by atoms with Crippen molar-refractivity contribution in [1.29, 1.82) is 0 Å². The van der Waals surface area contributed by atoms with Gasteiger partial charge in [0.05, 0.1) is 0 Å². The summed E-state index contributed by atoms with van der Waals surface area (Å²) in [6.07, 6.45) is 2.48. The Balaban J connectivity index is 2.34. The van der Waals surface area contributed by atoms with Crippen molar-refractivity contribution in [1.82, 2.24) is 0 Å². The highest BCUT2D eigenvalue weighted by Crippen LogP contribution is 2.22. The van der Waals surface area contributed by atoms with Crippen molar-refractivity contribution in [2.24, 2.45) is 0 Å². The SMILES string of the molecule is C=Cc1ccc(C=O)c(Nc2ccc(F)cc2)c1. The van der Waals surface area contributed by atoms with Crippen molar-refractivity contribution in [3.8, 4) is 0 Å². The number of halogens is 1. The van der Waals surface area contributed by atoms with Gasteiger partial charge in [0.2, 0.25) is 0 Å². The molecule has 1 N–H and O–H groups in total. The fourth-order valence-corrected chi connectivity index (χ4v) is 1.60. The smallest absolute Gasteiger partial charge is 0.152 e. The van der Waals surface area contributed by atoms with Gasteiger partial charge in [0.25, 0.3) is 0 Å². The molecule has 2 rings (SSSR count). The molecule has 2 aromatic rings. The van der Waals surface area contributed by atoms with Crippen LogP contribution in [0.15, 0.2) is 49.0 Å². The summed E-state index contributed by atoms with van der Waals surface area (Å²) in [6.45, 7) is 3.68. The summed E-state index contributed by atoms with van der Waals surface area (Å²) >= 11 is 0. The van der Waals surface area contributed by atoms with Gasteiger partial charge in [0.15, 0.2) is 6.29 Å². The molecule has 2 nitrogen and oxygen atoms in total. The Morgan fingerprint density at radius 2 is 1.83 bits per heavy atom. The zero-order chi connectivity index (χ0) is 13.0. The number of benzene rings is 2. The second-order valence-corrected chi connectivity index (χ2v) is 3.80. The lowest BCUT2D eigenvalue weighted by Crippen LogP contribution is -1.96. The molecule has 90 valence electrons. The molecule has 0 aliphatic heterocycles. The Hall–Kier alpha value is -2.42. The Morgan fingerprint density at radius 1 is 1.11 bits per heavy atom. The number of hydrogen-bond acceptors (Lipinski definition) is 2. The van der Waals surface area contributed by atoms with Crippen LogP contribution < -0.4 is 5.32 Å². The van der Waals surface area contributed by atoms with Crippen LogP contribution in [0.5, 0.6) is 0 Å². The minimum atomic E-state index is -0.295. The summed E-state index contributed by atoms with van der Waals surface area (Å²) < 4.78 is 12.8. The average molecular weight is 241 g/mol. The molecule has 0 radical (unpaired) electrons. The maximum atomic E-state index is 12.8. The van der Waals surface area contributed by atoms with E-state index in [-0.39, 0.29) is 5.82 Å². The summed E-state index contributed by atoms with van der Waals surface area (Å²) in [5, 5.41) is 3.08. The molecule has 0 aliphatic rings. The summed E-state index contributed by atoms with van der Waals surface area (Å²) in [5.74, 6) is -0.295. The molecular formula is C15H12FNO. The van der Waals surface area contributed by atoms with Gasteiger partial charge in [0, 0.05) is 16.9 Å². The third-order valence-corrected chi connectivity index (χ3v) is 2.56. The third kappa shape index (κ3) is 2.63. The second-order valence-electron chi connectivity index (χ2n) is 3.80. The summed E-state index contributed by atoms with van der Waals surface area (Å²) in [4.78, 5) is 10.9. The minimum Gasteiger partial charge on any atom is -0.355 e. The van der Waals surface area contributed by atoms with Crippen LogP contribution in [-0.4, -0.2) is 6.29 Å². The largest absolute Gasteiger partial charge is 0.355 e. The maximum Gasteiger partial charge on any atom is 0.152 e. The Labute approximate surface area is 105 Å². The van der Waals surface area contributed by atoms with E-state index in [1.165, 1.54) is 12.1 Å². The van der Waals surface area contributed by atoms with Crippen LogP contribution in [-0.2, 0) is 0 Å². The van der Waals surface area contributed by atoms with E-state index in [0.29, 0.717) is 11.3 Å². The normalized spacial score (nSPS) is 9.83. The third-order valence-electron chi connectivity index (χ3n) is 2.56. The van der Waals surface area contributed by atoms with Crippen LogP contribution in [0.25, 0.3) is 6.08 Å². The topological polar surface area (TPSA) is 29.1 Å². The Kier molecular flexibility index (Phi) is 3.53. The molecule has 2 aromatic carbocycles. The van der Waals surface area contributed by atoms with Crippen LogP contribution in [0.3, 0.4) is 0 Å². The zero-order valence-corrected chi connectivity index (χ0v) is 9.69. The number of nitrogens with one attached hydrogen (secondary N) is 1. The molecular weight excluding hydrogens is 229 g/mol. The van der Waals surface area contributed by atoms with Crippen LogP contribution in [0.2, 0.25) is 0 Å². The molecule has 0 aliphatic carbocycles. The standard InChI is InChI=1S/C15H12FNO/c1-2-11-3-4-12(10-18)15(9-11)17-14-7-5-13(16)6-8-14/h2-10,17H,1H2. The van der Waals surface area contributed by atoms with Crippen molar-refractivity contribution in [2.45, 2.75) is 0 Å². The summed E-state index contributed by atoms with van der Waals surface area (Å²) in [6, 6.07) is 11.3. The van der Waals surface area contributed by atoms with Gasteiger partial charge in [-0.1, -0.05) is 18.7 Å². The van der Waals surface area contributed by atoms with Gasteiger partial charge in [-0.05, 0) is 42.0 Å². The molecule has 0 saturated heterocycles. The average Bonchev–Trinajstić information content (AvgIpc) is 2.41. The van der Waals surface area contributed by atoms with Gasteiger partial charge in [-0.15, -0.1) is 0 Å². The van der Waals surface area contributed by atoms with E-state index >= 15 is 0 Å². The van der Waals surface area contributed by atoms with Gasteiger partial charge in [0.1, 0.15) is 5.82 Å². The number of aldehydes is 1. The Bertz CT molecular complexity index is 576. The van der Waals surface area contributed by atoms with Gasteiger partial charge in [-0.2, -0.15) is 0 Å². The number of carbonyl (C=O) groups is 1.